The second-order valence-electron chi connectivity index (χ2n) is 5.12. The number of aromatic nitrogens is 3. The first-order chi connectivity index (χ1) is 12.2. The highest BCUT2D eigenvalue weighted by Crippen LogP contribution is 2.27. The molecule has 0 atom stereocenters. The van der Waals surface area contributed by atoms with Crippen molar-refractivity contribution in [3.63, 3.8) is 0 Å². The summed E-state index contributed by atoms with van der Waals surface area (Å²) in [6, 6.07) is 14.9. The average Bonchev–Trinajstić information content (AvgIpc) is 3.27. The lowest BCUT2D eigenvalue weighted by Crippen LogP contribution is -1.97. The maximum atomic E-state index is 10.6. The van der Waals surface area contributed by atoms with Crippen molar-refractivity contribution < 1.29 is 18.7 Å². The molecule has 0 unspecified atom stereocenters. The Kier molecular flexibility index (Phi) is 3.95. The maximum absolute atomic E-state index is 10.6. The number of fused-ring (bicyclic) bond motifs is 1. The number of oxazole rings is 1. The molecule has 0 amide bonds. The van der Waals surface area contributed by atoms with Crippen LogP contribution < -0.4 is 0 Å². The van der Waals surface area contributed by atoms with Gasteiger partial charge < -0.3 is 13.9 Å². The Morgan fingerprint density at radius 2 is 1.68 bits per heavy atom. The summed E-state index contributed by atoms with van der Waals surface area (Å²) in [5.74, 6) is -0.196. The van der Waals surface area contributed by atoms with Crippen LogP contribution in [0.25, 0.3) is 34.0 Å². The second kappa shape index (κ2) is 6.40. The lowest BCUT2D eigenvalue weighted by atomic mass is 10.1. The molecule has 0 saturated carbocycles. The zero-order valence-electron chi connectivity index (χ0n) is 12.7. The third kappa shape index (κ3) is 3.24. The summed E-state index contributed by atoms with van der Waals surface area (Å²) in [4.78, 5) is 15.0. The highest BCUT2D eigenvalue weighted by molar-refractivity contribution is 7.99. The Morgan fingerprint density at radius 3 is 2.40 bits per heavy atom. The number of hydrogen-bond acceptors (Lipinski definition) is 7. The number of carboxylic acid groups (broad SMARTS) is 1. The molecule has 2 aromatic heterocycles. The van der Waals surface area contributed by atoms with Crippen LogP contribution in [0.1, 0.15) is 0 Å². The van der Waals surface area contributed by atoms with Crippen molar-refractivity contribution >= 4 is 28.8 Å². The van der Waals surface area contributed by atoms with Gasteiger partial charge in [-0.1, -0.05) is 23.9 Å². The van der Waals surface area contributed by atoms with E-state index < -0.39 is 5.97 Å². The summed E-state index contributed by atoms with van der Waals surface area (Å²) >= 11 is 0.982. The van der Waals surface area contributed by atoms with Gasteiger partial charge in [0.05, 0.1) is 0 Å². The minimum Gasteiger partial charge on any atom is -0.481 e. The van der Waals surface area contributed by atoms with Crippen LogP contribution in [0.2, 0.25) is 0 Å². The summed E-state index contributed by atoms with van der Waals surface area (Å²) in [5.41, 5.74) is 3.10. The standard InChI is InChI=1S/C17H11N3O4S/c21-14(22)9-25-17-20-19-16(24-17)11-7-5-10(6-8-11)15-18-12-3-1-2-4-13(12)23-15/h1-8H,9H2,(H,21,22). The number of nitrogens with zero attached hydrogens (tertiary/aromatic N) is 3. The number of carbonyl (C=O) groups is 1. The van der Waals surface area contributed by atoms with E-state index in [1.54, 1.807) is 0 Å². The number of hydrogen-bond donors (Lipinski definition) is 1. The third-order valence-electron chi connectivity index (χ3n) is 3.40. The molecule has 0 saturated heterocycles. The van der Waals surface area contributed by atoms with Crippen LogP contribution in [-0.4, -0.2) is 32.0 Å². The first-order valence-corrected chi connectivity index (χ1v) is 8.32. The van der Waals surface area contributed by atoms with E-state index in [4.69, 9.17) is 13.9 Å². The van der Waals surface area contributed by atoms with Gasteiger partial charge in [-0.25, -0.2) is 4.98 Å². The Bertz CT molecular complexity index is 1010. The van der Waals surface area contributed by atoms with Crippen molar-refractivity contribution in [2.75, 3.05) is 5.75 Å². The summed E-state index contributed by atoms with van der Waals surface area (Å²) in [7, 11) is 0. The van der Waals surface area contributed by atoms with E-state index in [1.165, 1.54) is 0 Å². The summed E-state index contributed by atoms with van der Waals surface area (Å²) in [6.45, 7) is 0. The van der Waals surface area contributed by atoms with E-state index in [0.717, 1.165) is 34.0 Å². The van der Waals surface area contributed by atoms with Crippen LogP contribution in [-0.2, 0) is 4.79 Å². The molecule has 124 valence electrons. The number of thioether (sulfide) groups is 1. The van der Waals surface area contributed by atoms with Crippen molar-refractivity contribution in [1.82, 2.24) is 15.2 Å². The van der Waals surface area contributed by atoms with Gasteiger partial charge in [-0.2, -0.15) is 0 Å². The summed E-state index contributed by atoms with van der Waals surface area (Å²) in [6.07, 6.45) is 0. The number of para-hydroxylation sites is 2. The molecule has 8 heteroatoms. The van der Waals surface area contributed by atoms with E-state index in [2.05, 4.69) is 15.2 Å². The zero-order chi connectivity index (χ0) is 17.2. The van der Waals surface area contributed by atoms with Crippen molar-refractivity contribution in [1.29, 1.82) is 0 Å². The fourth-order valence-corrected chi connectivity index (χ4v) is 2.74. The maximum Gasteiger partial charge on any atom is 0.314 e. The normalized spacial score (nSPS) is 11.0. The van der Waals surface area contributed by atoms with Gasteiger partial charge in [0.15, 0.2) is 5.58 Å². The van der Waals surface area contributed by atoms with E-state index in [0.29, 0.717) is 11.8 Å². The SMILES string of the molecule is O=C(O)CSc1nnc(-c2ccc(-c3nc4ccccc4o3)cc2)o1. The summed E-state index contributed by atoms with van der Waals surface area (Å²) in [5, 5.41) is 16.6. The first kappa shape index (κ1) is 15.4. The van der Waals surface area contributed by atoms with Crippen LogP contribution in [0.15, 0.2) is 62.6 Å². The molecule has 7 nitrogen and oxygen atoms in total. The number of rotatable bonds is 5. The van der Waals surface area contributed by atoms with Gasteiger partial charge in [0.1, 0.15) is 11.3 Å². The highest BCUT2D eigenvalue weighted by Gasteiger charge is 2.12. The molecule has 0 fully saturated rings. The van der Waals surface area contributed by atoms with Crippen molar-refractivity contribution in [3.8, 4) is 22.9 Å². The third-order valence-corrected chi connectivity index (χ3v) is 4.20. The second-order valence-corrected chi connectivity index (χ2v) is 6.05. The Labute approximate surface area is 145 Å². The van der Waals surface area contributed by atoms with Crippen LogP contribution in [0, 0.1) is 0 Å². The molecule has 0 aliphatic carbocycles. The molecular formula is C17H11N3O4S. The van der Waals surface area contributed by atoms with Gasteiger partial charge in [0.2, 0.25) is 11.8 Å². The van der Waals surface area contributed by atoms with E-state index in [9.17, 15) is 4.79 Å². The molecule has 0 aliphatic rings. The number of carboxylic acids is 1. The molecule has 1 N–H and O–H groups in total. The van der Waals surface area contributed by atoms with Crippen molar-refractivity contribution in [2.24, 2.45) is 0 Å². The molecule has 0 bridgehead atoms. The number of aliphatic carboxylic acids is 1. The summed E-state index contributed by atoms with van der Waals surface area (Å²) < 4.78 is 11.2. The van der Waals surface area contributed by atoms with Gasteiger partial charge in [-0.15, -0.1) is 10.2 Å². The molecule has 25 heavy (non-hydrogen) atoms. The van der Waals surface area contributed by atoms with Gasteiger partial charge in [0.25, 0.3) is 5.22 Å². The van der Waals surface area contributed by atoms with Crippen molar-refractivity contribution in [3.05, 3.63) is 48.5 Å². The molecule has 2 heterocycles. The number of benzene rings is 2. The Hall–Kier alpha value is -3.13. The van der Waals surface area contributed by atoms with Crippen LogP contribution in [0.4, 0.5) is 0 Å². The molecule has 0 radical (unpaired) electrons. The van der Waals surface area contributed by atoms with E-state index in [1.807, 2.05) is 48.5 Å². The zero-order valence-corrected chi connectivity index (χ0v) is 13.6. The molecule has 4 rings (SSSR count). The smallest absolute Gasteiger partial charge is 0.314 e. The predicted molar refractivity (Wildman–Crippen MR) is 91.1 cm³/mol. The van der Waals surface area contributed by atoms with Gasteiger partial charge in [-0.3, -0.25) is 4.79 Å². The molecule has 4 aromatic rings. The van der Waals surface area contributed by atoms with Crippen LogP contribution >= 0.6 is 11.8 Å². The van der Waals surface area contributed by atoms with Crippen LogP contribution in [0.3, 0.4) is 0 Å². The Balaban J connectivity index is 1.56. The van der Waals surface area contributed by atoms with Gasteiger partial charge >= 0.3 is 5.97 Å². The molecule has 0 aliphatic heterocycles. The lowest BCUT2D eigenvalue weighted by molar-refractivity contribution is -0.133. The monoisotopic (exact) mass is 353 g/mol. The molecule has 0 spiro atoms. The van der Waals surface area contributed by atoms with Gasteiger partial charge in [-0.05, 0) is 36.4 Å². The average molecular weight is 353 g/mol. The predicted octanol–water partition coefficient (Wildman–Crippen LogP) is 3.72. The quantitative estimate of drug-likeness (QED) is 0.542. The van der Waals surface area contributed by atoms with Gasteiger partial charge in [0, 0.05) is 11.1 Å². The fraction of sp³-hybridized carbons (Fsp3) is 0.0588. The molecular weight excluding hydrogens is 342 g/mol. The molecule has 2 aromatic carbocycles. The topological polar surface area (TPSA) is 102 Å². The first-order valence-electron chi connectivity index (χ1n) is 7.33. The van der Waals surface area contributed by atoms with E-state index >= 15 is 0 Å². The minimum absolute atomic E-state index is 0.127. The highest BCUT2D eigenvalue weighted by atomic mass is 32.2. The Morgan fingerprint density at radius 1 is 0.960 bits per heavy atom. The minimum atomic E-state index is -0.938. The largest absolute Gasteiger partial charge is 0.481 e. The fourth-order valence-electron chi connectivity index (χ4n) is 2.26. The van der Waals surface area contributed by atoms with Crippen LogP contribution in [0.5, 0.6) is 0 Å². The lowest BCUT2D eigenvalue weighted by Gasteiger charge is -1.97. The van der Waals surface area contributed by atoms with E-state index in [-0.39, 0.29) is 11.0 Å². The van der Waals surface area contributed by atoms with Crippen molar-refractivity contribution in [2.45, 2.75) is 5.22 Å².